The van der Waals surface area contributed by atoms with Gasteiger partial charge in [-0.1, -0.05) is 91.0 Å². The van der Waals surface area contributed by atoms with Gasteiger partial charge in [0.15, 0.2) is 0 Å². The lowest BCUT2D eigenvalue weighted by Crippen LogP contribution is -2.07. The van der Waals surface area contributed by atoms with Gasteiger partial charge in [0, 0.05) is 11.1 Å². The zero-order chi connectivity index (χ0) is 22.5. The number of rotatable bonds is 3. The summed E-state index contributed by atoms with van der Waals surface area (Å²) in [7, 11) is -4.54. The third-order valence-corrected chi connectivity index (χ3v) is 6.98. The fourth-order valence-electron chi connectivity index (χ4n) is 4.77. The predicted molar refractivity (Wildman–Crippen MR) is 132 cm³/mol. The highest BCUT2D eigenvalue weighted by Gasteiger charge is 2.27. The molecule has 0 heterocycles. The Morgan fingerprint density at radius 1 is 0.594 bits per heavy atom. The third kappa shape index (κ3) is 3.29. The van der Waals surface area contributed by atoms with E-state index in [0.717, 1.165) is 43.8 Å². The van der Waals surface area contributed by atoms with Gasteiger partial charge in [-0.3, -0.25) is 4.55 Å². The summed E-state index contributed by atoms with van der Waals surface area (Å²) in [6.07, 6.45) is 0. The fourth-order valence-corrected chi connectivity index (χ4v) is 5.82. The van der Waals surface area contributed by atoms with E-state index in [9.17, 15) is 13.0 Å². The molecular weight excluding hydrogens is 416 g/mol. The van der Waals surface area contributed by atoms with Crippen LogP contribution in [0.4, 0.5) is 0 Å². The minimum atomic E-state index is -4.54. The van der Waals surface area contributed by atoms with Crippen molar-refractivity contribution in [3.8, 4) is 22.3 Å². The maximum Gasteiger partial charge on any atom is 0.295 e. The van der Waals surface area contributed by atoms with Crippen molar-refractivity contribution in [3.05, 3.63) is 102 Å². The molecule has 5 aromatic rings. The summed E-state index contributed by atoms with van der Waals surface area (Å²) in [5, 5.41) is 3.90. The molecule has 158 valence electrons. The largest absolute Gasteiger partial charge is 0.295 e. The molecule has 5 rings (SSSR count). The molecule has 0 aliphatic heterocycles. The second-order valence-electron chi connectivity index (χ2n) is 8.12. The van der Waals surface area contributed by atoms with E-state index in [1.807, 2.05) is 105 Å². The highest BCUT2D eigenvalue weighted by atomic mass is 32.2. The number of benzene rings is 5. The summed E-state index contributed by atoms with van der Waals surface area (Å²) >= 11 is 0. The van der Waals surface area contributed by atoms with Crippen LogP contribution in [0.25, 0.3) is 43.8 Å². The summed E-state index contributed by atoms with van der Waals surface area (Å²) in [4.78, 5) is -0.0392. The van der Waals surface area contributed by atoms with Gasteiger partial charge in [0.25, 0.3) is 10.1 Å². The molecule has 4 heteroatoms. The molecule has 5 aromatic carbocycles. The van der Waals surface area contributed by atoms with Gasteiger partial charge in [-0.25, -0.2) is 0 Å². The van der Waals surface area contributed by atoms with E-state index in [0.29, 0.717) is 11.1 Å². The van der Waals surface area contributed by atoms with E-state index >= 15 is 0 Å². The normalized spacial score (nSPS) is 11.8. The molecule has 0 bridgehead atoms. The topological polar surface area (TPSA) is 54.4 Å². The lowest BCUT2D eigenvalue weighted by molar-refractivity contribution is 0.483. The zero-order valence-corrected chi connectivity index (χ0v) is 18.6. The Kier molecular flexibility index (Phi) is 4.85. The highest BCUT2D eigenvalue weighted by molar-refractivity contribution is 7.86. The maximum absolute atomic E-state index is 13.0. The van der Waals surface area contributed by atoms with Crippen LogP contribution in [0.3, 0.4) is 0 Å². The van der Waals surface area contributed by atoms with Crippen molar-refractivity contribution >= 4 is 31.7 Å². The van der Waals surface area contributed by atoms with Crippen LogP contribution >= 0.6 is 0 Å². The number of hydrogen-bond acceptors (Lipinski definition) is 2. The summed E-state index contributed by atoms with van der Waals surface area (Å²) in [6, 6.07) is 29.4. The first-order valence-electron chi connectivity index (χ1n) is 10.4. The average molecular weight is 439 g/mol. The molecule has 3 nitrogen and oxygen atoms in total. The molecule has 0 atom stereocenters. The molecule has 0 aliphatic carbocycles. The molecule has 0 radical (unpaired) electrons. The van der Waals surface area contributed by atoms with Gasteiger partial charge in [0.1, 0.15) is 4.90 Å². The second kappa shape index (κ2) is 7.59. The van der Waals surface area contributed by atoms with Crippen molar-refractivity contribution in [2.45, 2.75) is 18.7 Å². The Morgan fingerprint density at radius 3 is 1.44 bits per heavy atom. The van der Waals surface area contributed by atoms with E-state index in [2.05, 4.69) is 0 Å². The summed E-state index contributed by atoms with van der Waals surface area (Å²) in [5.41, 5.74) is 4.26. The van der Waals surface area contributed by atoms with Gasteiger partial charge >= 0.3 is 0 Å². The smallest absolute Gasteiger partial charge is 0.282 e. The SMILES string of the molecule is Cc1cc(C)c(-c2cccc3ccccc23)c(S(=O)(=O)O)c1-c1cccc2ccccc12. The number of hydrogen-bond donors (Lipinski definition) is 1. The Labute approximate surface area is 187 Å². The van der Waals surface area contributed by atoms with Crippen LogP contribution in [-0.4, -0.2) is 13.0 Å². The third-order valence-electron chi connectivity index (χ3n) is 6.05. The predicted octanol–water partition coefficient (Wildman–Crippen LogP) is 7.19. The number of aryl methyl sites for hydroxylation is 2. The quantitative estimate of drug-likeness (QED) is 0.303. The molecule has 0 spiro atoms. The Bertz CT molecular complexity index is 1500. The first-order valence-corrected chi connectivity index (χ1v) is 11.9. The van der Waals surface area contributed by atoms with Crippen molar-refractivity contribution in [1.82, 2.24) is 0 Å². The highest BCUT2D eigenvalue weighted by Crippen LogP contribution is 2.44. The van der Waals surface area contributed by atoms with Crippen LogP contribution in [0.5, 0.6) is 0 Å². The Hall–Kier alpha value is -3.47. The molecule has 1 N–H and O–H groups in total. The molecule has 0 fully saturated rings. The molecule has 32 heavy (non-hydrogen) atoms. The van der Waals surface area contributed by atoms with Crippen LogP contribution < -0.4 is 0 Å². The van der Waals surface area contributed by atoms with E-state index in [1.54, 1.807) is 0 Å². The van der Waals surface area contributed by atoms with E-state index in [4.69, 9.17) is 0 Å². The van der Waals surface area contributed by atoms with Crippen LogP contribution in [0.15, 0.2) is 95.9 Å². The summed E-state index contributed by atoms with van der Waals surface area (Å²) in [5.74, 6) is 0. The summed E-state index contributed by atoms with van der Waals surface area (Å²) in [6.45, 7) is 3.79. The van der Waals surface area contributed by atoms with E-state index < -0.39 is 10.1 Å². The standard InChI is InChI=1S/C28H22O3S/c1-18-17-19(2)27(25-16-8-12-21-10-4-6-14-23(21)25)28(32(29,30)31)26(18)24-15-7-11-20-9-3-5-13-22(20)24/h3-17H,1-2H3,(H,29,30,31). The first kappa shape index (κ1) is 20.4. The van der Waals surface area contributed by atoms with E-state index in [-0.39, 0.29) is 4.90 Å². The van der Waals surface area contributed by atoms with Crippen LogP contribution in [0.1, 0.15) is 11.1 Å². The minimum Gasteiger partial charge on any atom is -0.282 e. The van der Waals surface area contributed by atoms with Gasteiger partial charge in [0.05, 0.1) is 0 Å². The average Bonchev–Trinajstić information content (AvgIpc) is 2.77. The minimum absolute atomic E-state index is 0.0392. The van der Waals surface area contributed by atoms with Crippen molar-refractivity contribution in [2.75, 3.05) is 0 Å². The summed E-state index contributed by atoms with van der Waals surface area (Å²) < 4.78 is 36.4. The second-order valence-corrected chi connectivity index (χ2v) is 9.48. The maximum atomic E-state index is 13.0. The lowest BCUT2D eigenvalue weighted by atomic mass is 9.88. The molecule has 0 aromatic heterocycles. The Morgan fingerprint density at radius 2 is 1.00 bits per heavy atom. The van der Waals surface area contributed by atoms with Crippen molar-refractivity contribution in [1.29, 1.82) is 0 Å². The lowest BCUT2D eigenvalue weighted by Gasteiger charge is -2.20. The fraction of sp³-hybridized carbons (Fsp3) is 0.0714. The number of fused-ring (bicyclic) bond motifs is 2. The van der Waals surface area contributed by atoms with Crippen LogP contribution in [-0.2, 0) is 10.1 Å². The van der Waals surface area contributed by atoms with Gasteiger partial charge < -0.3 is 0 Å². The van der Waals surface area contributed by atoms with Crippen molar-refractivity contribution < 1.29 is 13.0 Å². The van der Waals surface area contributed by atoms with Crippen molar-refractivity contribution in [2.24, 2.45) is 0 Å². The van der Waals surface area contributed by atoms with Crippen molar-refractivity contribution in [3.63, 3.8) is 0 Å². The zero-order valence-electron chi connectivity index (χ0n) is 17.8. The van der Waals surface area contributed by atoms with Crippen LogP contribution in [0, 0.1) is 13.8 Å². The van der Waals surface area contributed by atoms with Crippen LogP contribution in [0.2, 0.25) is 0 Å². The Balaban J connectivity index is 1.98. The van der Waals surface area contributed by atoms with Gasteiger partial charge in [-0.15, -0.1) is 0 Å². The molecule has 0 unspecified atom stereocenters. The molecule has 0 aliphatic rings. The molecule has 0 saturated heterocycles. The van der Waals surface area contributed by atoms with Gasteiger partial charge in [-0.2, -0.15) is 8.42 Å². The van der Waals surface area contributed by atoms with Gasteiger partial charge in [-0.05, 0) is 57.6 Å². The van der Waals surface area contributed by atoms with Gasteiger partial charge in [0.2, 0.25) is 0 Å². The molecule has 0 saturated carbocycles. The first-order chi connectivity index (χ1) is 15.4. The monoisotopic (exact) mass is 438 g/mol. The van der Waals surface area contributed by atoms with E-state index in [1.165, 1.54) is 0 Å². The molecular formula is C28H22O3S. The molecule has 0 amide bonds.